The van der Waals surface area contributed by atoms with E-state index in [1.54, 1.807) is 6.26 Å². The lowest BCUT2D eigenvalue weighted by Gasteiger charge is -2.31. The first-order valence-corrected chi connectivity index (χ1v) is 5.80. The molecule has 1 aromatic heterocycles. The van der Waals surface area contributed by atoms with Gasteiger partial charge >= 0.3 is 0 Å². The lowest BCUT2D eigenvalue weighted by Crippen LogP contribution is -2.43. The Bertz CT molecular complexity index is 327. The van der Waals surface area contributed by atoms with Crippen molar-refractivity contribution in [3.8, 4) is 0 Å². The predicted octanol–water partition coefficient (Wildman–Crippen LogP) is 1.01. The second-order valence-electron chi connectivity index (χ2n) is 4.02. The molecule has 16 heavy (non-hydrogen) atoms. The smallest absolute Gasteiger partial charge is 0.297 e. The topological polar surface area (TPSA) is 50.5 Å². The highest BCUT2D eigenvalue weighted by atomic mass is 16.5. The van der Waals surface area contributed by atoms with E-state index < -0.39 is 0 Å². The molecule has 1 N–H and O–H groups in total. The van der Waals surface area contributed by atoms with E-state index in [-0.39, 0.29) is 0 Å². The largest absolute Gasteiger partial charge is 0.432 e. The summed E-state index contributed by atoms with van der Waals surface area (Å²) in [7, 11) is 0. The molecule has 1 unspecified atom stereocenters. The molecular formula is C11H19N3O2. The van der Waals surface area contributed by atoms with E-state index in [0.29, 0.717) is 12.1 Å². The van der Waals surface area contributed by atoms with Gasteiger partial charge in [-0.3, -0.25) is 0 Å². The molecule has 5 heteroatoms. The van der Waals surface area contributed by atoms with E-state index in [0.717, 1.165) is 38.5 Å². The van der Waals surface area contributed by atoms with Gasteiger partial charge in [-0.2, -0.15) is 4.98 Å². The molecule has 1 saturated heterocycles. The van der Waals surface area contributed by atoms with Crippen LogP contribution in [0.25, 0.3) is 0 Å². The molecule has 0 amide bonds. The quantitative estimate of drug-likeness (QED) is 0.828. The fourth-order valence-corrected chi connectivity index (χ4v) is 1.77. The van der Waals surface area contributed by atoms with Gasteiger partial charge in [-0.15, -0.1) is 0 Å². The minimum absolute atomic E-state index is 0.333. The highest BCUT2D eigenvalue weighted by Gasteiger charge is 2.22. The fourth-order valence-electron chi connectivity index (χ4n) is 1.77. The Morgan fingerprint density at radius 1 is 1.62 bits per heavy atom. The van der Waals surface area contributed by atoms with Crippen LogP contribution in [0, 0.1) is 0 Å². The monoisotopic (exact) mass is 225 g/mol. The summed E-state index contributed by atoms with van der Waals surface area (Å²) in [6, 6.07) is 1.04. The van der Waals surface area contributed by atoms with E-state index in [1.807, 2.05) is 0 Å². The van der Waals surface area contributed by atoms with Crippen molar-refractivity contribution < 1.29 is 9.15 Å². The van der Waals surface area contributed by atoms with Crippen molar-refractivity contribution in [2.45, 2.75) is 26.4 Å². The molecule has 5 nitrogen and oxygen atoms in total. The maximum absolute atomic E-state index is 5.49. The molecule has 90 valence electrons. The Kier molecular flexibility index (Phi) is 3.79. The third kappa shape index (κ3) is 2.54. The summed E-state index contributed by atoms with van der Waals surface area (Å²) in [5, 5.41) is 3.23. The molecular weight excluding hydrogens is 206 g/mol. The minimum Gasteiger partial charge on any atom is -0.432 e. The molecule has 1 fully saturated rings. The van der Waals surface area contributed by atoms with E-state index in [9.17, 15) is 0 Å². The van der Waals surface area contributed by atoms with Crippen molar-refractivity contribution in [3.05, 3.63) is 12.0 Å². The number of oxazole rings is 1. The third-order valence-corrected chi connectivity index (χ3v) is 2.71. The Morgan fingerprint density at radius 2 is 2.50 bits per heavy atom. The summed E-state index contributed by atoms with van der Waals surface area (Å²) in [5.41, 5.74) is 0.954. The lowest BCUT2D eigenvalue weighted by atomic mass is 10.3. The van der Waals surface area contributed by atoms with Gasteiger partial charge in [-0.1, -0.05) is 6.92 Å². The summed E-state index contributed by atoms with van der Waals surface area (Å²) >= 11 is 0. The van der Waals surface area contributed by atoms with Gasteiger partial charge in [-0.25, -0.2) is 0 Å². The normalized spacial score (nSPS) is 21.4. The molecule has 1 aliphatic rings. The summed E-state index contributed by atoms with van der Waals surface area (Å²) in [5.74, 6) is 0. The number of morpholine rings is 1. The van der Waals surface area contributed by atoms with Gasteiger partial charge in [0.15, 0.2) is 0 Å². The summed E-state index contributed by atoms with van der Waals surface area (Å²) in [6.07, 6.45) is 1.72. The van der Waals surface area contributed by atoms with Crippen molar-refractivity contribution >= 4 is 6.01 Å². The number of hydrogen-bond donors (Lipinski definition) is 1. The second kappa shape index (κ2) is 5.32. The highest BCUT2D eigenvalue weighted by molar-refractivity contribution is 5.29. The number of aromatic nitrogens is 1. The van der Waals surface area contributed by atoms with Crippen molar-refractivity contribution in [2.24, 2.45) is 0 Å². The predicted molar refractivity (Wildman–Crippen MR) is 61.5 cm³/mol. The van der Waals surface area contributed by atoms with Crippen molar-refractivity contribution in [1.29, 1.82) is 0 Å². The minimum atomic E-state index is 0.333. The van der Waals surface area contributed by atoms with Crippen LogP contribution >= 0.6 is 0 Å². The number of rotatable bonds is 4. The molecule has 0 bridgehead atoms. The maximum Gasteiger partial charge on any atom is 0.297 e. The van der Waals surface area contributed by atoms with E-state index in [2.05, 4.69) is 29.0 Å². The Balaban J connectivity index is 1.99. The molecule has 0 spiro atoms. The van der Waals surface area contributed by atoms with Gasteiger partial charge in [-0.05, 0) is 13.5 Å². The van der Waals surface area contributed by atoms with Crippen LogP contribution in [0.1, 0.15) is 19.5 Å². The zero-order valence-electron chi connectivity index (χ0n) is 9.90. The van der Waals surface area contributed by atoms with Gasteiger partial charge in [0.05, 0.1) is 24.9 Å². The average Bonchev–Trinajstić information content (AvgIpc) is 2.75. The zero-order valence-corrected chi connectivity index (χ0v) is 9.90. The zero-order chi connectivity index (χ0) is 11.4. The lowest BCUT2D eigenvalue weighted by molar-refractivity contribution is 0.0961. The highest BCUT2D eigenvalue weighted by Crippen LogP contribution is 2.18. The van der Waals surface area contributed by atoms with Gasteiger partial charge < -0.3 is 19.4 Å². The van der Waals surface area contributed by atoms with Crippen LogP contribution in [-0.2, 0) is 11.3 Å². The first-order chi connectivity index (χ1) is 7.81. The SMILES string of the molecule is CCNCc1coc(N2CCOCC2C)n1. The molecule has 1 aliphatic heterocycles. The van der Waals surface area contributed by atoms with Crippen LogP contribution in [0.2, 0.25) is 0 Å². The van der Waals surface area contributed by atoms with E-state index in [1.165, 1.54) is 0 Å². The molecule has 0 aliphatic carbocycles. The number of anilines is 1. The Labute approximate surface area is 95.8 Å². The van der Waals surface area contributed by atoms with Crippen LogP contribution < -0.4 is 10.2 Å². The van der Waals surface area contributed by atoms with Crippen LogP contribution in [0.3, 0.4) is 0 Å². The Morgan fingerprint density at radius 3 is 3.25 bits per heavy atom. The molecule has 2 heterocycles. The number of ether oxygens (including phenoxy) is 1. The Hall–Kier alpha value is -1.07. The van der Waals surface area contributed by atoms with Gasteiger partial charge in [0, 0.05) is 13.1 Å². The second-order valence-corrected chi connectivity index (χ2v) is 4.02. The first kappa shape index (κ1) is 11.4. The molecule has 0 saturated carbocycles. The summed E-state index contributed by atoms with van der Waals surface area (Å²) in [4.78, 5) is 6.61. The molecule has 1 atom stereocenters. The summed E-state index contributed by atoms with van der Waals surface area (Å²) in [6.45, 7) is 8.23. The number of nitrogens with zero attached hydrogens (tertiary/aromatic N) is 2. The maximum atomic E-state index is 5.49. The number of hydrogen-bond acceptors (Lipinski definition) is 5. The molecule has 1 aromatic rings. The van der Waals surface area contributed by atoms with E-state index >= 15 is 0 Å². The summed E-state index contributed by atoms with van der Waals surface area (Å²) < 4.78 is 10.9. The first-order valence-electron chi connectivity index (χ1n) is 5.80. The molecule has 2 rings (SSSR count). The van der Waals surface area contributed by atoms with Gasteiger partial charge in [0.25, 0.3) is 6.01 Å². The van der Waals surface area contributed by atoms with Crippen molar-refractivity contribution in [1.82, 2.24) is 10.3 Å². The molecule has 0 aromatic carbocycles. The van der Waals surface area contributed by atoms with Gasteiger partial charge in [0.2, 0.25) is 0 Å². The van der Waals surface area contributed by atoms with Crippen LogP contribution in [-0.4, -0.2) is 37.3 Å². The van der Waals surface area contributed by atoms with E-state index in [4.69, 9.17) is 9.15 Å². The average molecular weight is 225 g/mol. The van der Waals surface area contributed by atoms with Crippen molar-refractivity contribution in [3.63, 3.8) is 0 Å². The van der Waals surface area contributed by atoms with Crippen molar-refractivity contribution in [2.75, 3.05) is 31.2 Å². The van der Waals surface area contributed by atoms with Crippen LogP contribution in [0.15, 0.2) is 10.7 Å². The van der Waals surface area contributed by atoms with Crippen LogP contribution in [0.5, 0.6) is 0 Å². The molecule has 0 radical (unpaired) electrons. The van der Waals surface area contributed by atoms with Gasteiger partial charge in [0.1, 0.15) is 6.26 Å². The standard InChI is InChI=1S/C11H19N3O2/c1-3-12-6-10-8-16-11(13-10)14-4-5-15-7-9(14)2/h8-9,12H,3-7H2,1-2H3. The third-order valence-electron chi connectivity index (χ3n) is 2.71. The number of nitrogens with one attached hydrogen (secondary N) is 1. The fraction of sp³-hybridized carbons (Fsp3) is 0.727. The van der Waals surface area contributed by atoms with Crippen LogP contribution in [0.4, 0.5) is 6.01 Å².